The minimum absolute atomic E-state index is 0.0433. The summed E-state index contributed by atoms with van der Waals surface area (Å²) in [6.07, 6.45) is 0. The summed E-state index contributed by atoms with van der Waals surface area (Å²) in [5, 5.41) is 0.289. The maximum Gasteiger partial charge on any atom is 0.342 e. The summed E-state index contributed by atoms with van der Waals surface area (Å²) >= 11 is 3.06. The van der Waals surface area contributed by atoms with Gasteiger partial charge in [-0.2, -0.15) is 4.98 Å². The fourth-order valence-corrected chi connectivity index (χ4v) is 0.921. The SMILES string of the molecule is CC(=O)Oc1cc(=O)oc(CBr)n1. The number of halogens is 1. The van der Waals surface area contributed by atoms with Crippen LogP contribution in [0.4, 0.5) is 0 Å². The van der Waals surface area contributed by atoms with E-state index in [1.165, 1.54) is 6.92 Å². The average molecular weight is 248 g/mol. The molecule has 1 aromatic rings. The summed E-state index contributed by atoms with van der Waals surface area (Å²) in [5.74, 6) is -0.402. The Hall–Kier alpha value is -1.17. The van der Waals surface area contributed by atoms with Crippen molar-refractivity contribution in [3.05, 3.63) is 22.4 Å². The first-order chi connectivity index (χ1) is 6.11. The molecule has 0 unspecified atom stereocenters. The van der Waals surface area contributed by atoms with Crippen LogP contribution in [-0.2, 0) is 10.1 Å². The molecule has 0 aliphatic rings. The van der Waals surface area contributed by atoms with Gasteiger partial charge in [-0.05, 0) is 0 Å². The molecule has 0 atom stereocenters. The summed E-state index contributed by atoms with van der Waals surface area (Å²) in [6, 6.07) is 1.01. The minimum Gasteiger partial charge on any atom is -0.407 e. The van der Waals surface area contributed by atoms with Crippen molar-refractivity contribution in [3.8, 4) is 5.88 Å². The second kappa shape index (κ2) is 4.18. The minimum atomic E-state index is -0.597. The third kappa shape index (κ3) is 2.98. The molecule has 5 nitrogen and oxygen atoms in total. The predicted molar refractivity (Wildman–Crippen MR) is 46.7 cm³/mol. The van der Waals surface area contributed by atoms with Crippen LogP contribution in [0, 0.1) is 0 Å². The van der Waals surface area contributed by atoms with E-state index in [4.69, 9.17) is 0 Å². The number of carbonyl (C=O) groups excluding carboxylic acids is 1. The molecular weight excluding hydrogens is 242 g/mol. The van der Waals surface area contributed by atoms with Crippen LogP contribution < -0.4 is 10.4 Å². The second-order valence-electron chi connectivity index (χ2n) is 2.14. The fraction of sp³-hybridized carbons (Fsp3) is 0.286. The van der Waals surface area contributed by atoms with Crippen molar-refractivity contribution in [3.63, 3.8) is 0 Å². The second-order valence-corrected chi connectivity index (χ2v) is 2.70. The van der Waals surface area contributed by atoms with Crippen molar-refractivity contribution >= 4 is 21.9 Å². The van der Waals surface area contributed by atoms with Crippen LogP contribution in [0.1, 0.15) is 12.8 Å². The fourth-order valence-electron chi connectivity index (χ4n) is 0.681. The van der Waals surface area contributed by atoms with Crippen LogP contribution >= 0.6 is 15.9 Å². The zero-order valence-corrected chi connectivity index (χ0v) is 8.33. The first-order valence-electron chi connectivity index (χ1n) is 3.37. The van der Waals surface area contributed by atoms with Gasteiger partial charge >= 0.3 is 11.6 Å². The molecule has 0 spiro atoms. The summed E-state index contributed by atoms with van der Waals surface area (Å²) in [5.41, 5.74) is -0.597. The van der Waals surface area contributed by atoms with Crippen LogP contribution in [-0.4, -0.2) is 11.0 Å². The van der Waals surface area contributed by atoms with Gasteiger partial charge < -0.3 is 9.15 Å². The Kier molecular flexibility index (Phi) is 3.18. The van der Waals surface area contributed by atoms with Gasteiger partial charge in [-0.25, -0.2) is 4.79 Å². The smallest absolute Gasteiger partial charge is 0.342 e. The molecule has 0 fully saturated rings. The maximum absolute atomic E-state index is 10.8. The van der Waals surface area contributed by atoms with Gasteiger partial charge in [0.15, 0.2) is 0 Å². The average Bonchev–Trinajstić information content (AvgIpc) is 2.01. The Balaban J connectivity index is 3.01. The molecule has 0 aliphatic heterocycles. The lowest BCUT2D eigenvalue weighted by Crippen LogP contribution is -2.08. The predicted octanol–water partition coefficient (Wildman–Crippen LogP) is 0.855. The Morgan fingerprint density at radius 1 is 1.77 bits per heavy atom. The third-order valence-electron chi connectivity index (χ3n) is 1.06. The summed E-state index contributed by atoms with van der Waals surface area (Å²) in [6.45, 7) is 1.23. The van der Waals surface area contributed by atoms with E-state index < -0.39 is 11.6 Å². The molecule has 1 heterocycles. The molecular formula is C7H6BrNO4. The summed E-state index contributed by atoms with van der Waals surface area (Å²) < 4.78 is 9.25. The highest BCUT2D eigenvalue weighted by Gasteiger charge is 2.05. The van der Waals surface area contributed by atoms with Crippen molar-refractivity contribution in [1.82, 2.24) is 4.98 Å². The molecule has 13 heavy (non-hydrogen) atoms. The topological polar surface area (TPSA) is 69.4 Å². The van der Waals surface area contributed by atoms with Gasteiger partial charge in [0.25, 0.3) is 0 Å². The summed E-state index contributed by atoms with van der Waals surface area (Å²) in [4.78, 5) is 25.1. The van der Waals surface area contributed by atoms with Gasteiger partial charge in [0.1, 0.15) is 0 Å². The number of esters is 1. The Morgan fingerprint density at radius 3 is 3.00 bits per heavy atom. The van der Waals surface area contributed by atoms with Crippen LogP contribution in [0.15, 0.2) is 15.3 Å². The van der Waals surface area contributed by atoms with Crippen molar-refractivity contribution in [2.24, 2.45) is 0 Å². The van der Waals surface area contributed by atoms with E-state index in [1.54, 1.807) is 0 Å². The number of hydrogen-bond donors (Lipinski definition) is 0. The molecule has 1 aromatic heterocycles. The molecule has 0 amide bonds. The summed E-state index contributed by atoms with van der Waals surface area (Å²) in [7, 11) is 0. The Labute approximate surface area is 81.9 Å². The van der Waals surface area contributed by atoms with Crippen LogP contribution in [0.3, 0.4) is 0 Å². The molecule has 0 saturated carbocycles. The van der Waals surface area contributed by atoms with E-state index in [2.05, 4.69) is 30.1 Å². The molecule has 0 N–H and O–H groups in total. The van der Waals surface area contributed by atoms with E-state index in [0.29, 0.717) is 0 Å². The van der Waals surface area contributed by atoms with Crippen molar-refractivity contribution in [2.75, 3.05) is 0 Å². The lowest BCUT2D eigenvalue weighted by molar-refractivity contribution is -0.132. The molecule has 1 rings (SSSR count). The molecule has 0 bridgehead atoms. The largest absolute Gasteiger partial charge is 0.407 e. The number of alkyl halides is 1. The van der Waals surface area contributed by atoms with Crippen molar-refractivity contribution in [1.29, 1.82) is 0 Å². The number of carbonyl (C=O) groups is 1. The van der Waals surface area contributed by atoms with Crippen molar-refractivity contribution < 1.29 is 13.9 Å². The van der Waals surface area contributed by atoms with Gasteiger partial charge in [-0.15, -0.1) is 0 Å². The first kappa shape index (κ1) is 9.91. The number of hydrogen-bond acceptors (Lipinski definition) is 5. The Morgan fingerprint density at radius 2 is 2.46 bits per heavy atom. The monoisotopic (exact) mass is 247 g/mol. The first-order valence-corrected chi connectivity index (χ1v) is 4.49. The number of rotatable bonds is 2. The van der Waals surface area contributed by atoms with Crippen molar-refractivity contribution in [2.45, 2.75) is 12.3 Å². The van der Waals surface area contributed by atoms with Crippen LogP contribution in [0.2, 0.25) is 0 Å². The van der Waals surface area contributed by atoms with Crippen LogP contribution in [0.5, 0.6) is 5.88 Å². The number of aromatic nitrogens is 1. The number of nitrogens with zero attached hydrogens (tertiary/aromatic N) is 1. The quantitative estimate of drug-likeness (QED) is 0.573. The van der Waals surface area contributed by atoms with Crippen LogP contribution in [0.25, 0.3) is 0 Å². The zero-order valence-electron chi connectivity index (χ0n) is 6.74. The molecule has 6 heteroatoms. The normalized spacial score (nSPS) is 9.69. The molecule has 0 aromatic carbocycles. The lowest BCUT2D eigenvalue weighted by Gasteiger charge is -1.99. The molecule has 0 saturated heterocycles. The van der Waals surface area contributed by atoms with E-state index in [1.807, 2.05) is 0 Å². The highest BCUT2D eigenvalue weighted by molar-refractivity contribution is 9.08. The van der Waals surface area contributed by atoms with E-state index in [0.717, 1.165) is 6.07 Å². The van der Waals surface area contributed by atoms with E-state index in [-0.39, 0.29) is 17.1 Å². The third-order valence-corrected chi connectivity index (χ3v) is 1.54. The zero-order chi connectivity index (χ0) is 9.84. The molecule has 0 radical (unpaired) electrons. The number of ether oxygens (including phenoxy) is 1. The maximum atomic E-state index is 10.8. The van der Waals surface area contributed by atoms with E-state index in [9.17, 15) is 9.59 Å². The van der Waals surface area contributed by atoms with E-state index >= 15 is 0 Å². The standard InChI is InChI=1S/C7H6BrNO4/c1-4(10)12-5-2-7(11)13-6(3-8)9-5/h2H,3H2,1H3. The van der Waals surface area contributed by atoms with Gasteiger partial charge in [0.2, 0.25) is 11.8 Å². The highest BCUT2D eigenvalue weighted by atomic mass is 79.9. The molecule has 70 valence electrons. The van der Waals surface area contributed by atoms with Gasteiger partial charge in [0.05, 0.1) is 11.4 Å². The van der Waals surface area contributed by atoms with Gasteiger partial charge in [-0.1, -0.05) is 15.9 Å². The Bertz CT molecular complexity index is 373. The molecule has 0 aliphatic carbocycles. The lowest BCUT2D eigenvalue weighted by atomic mass is 10.6. The highest BCUT2D eigenvalue weighted by Crippen LogP contribution is 2.06. The van der Waals surface area contributed by atoms with Gasteiger partial charge in [-0.3, -0.25) is 4.79 Å². The van der Waals surface area contributed by atoms with Gasteiger partial charge in [0, 0.05) is 6.92 Å².